The Bertz CT molecular complexity index is 525. The van der Waals surface area contributed by atoms with Crippen LogP contribution in [0.5, 0.6) is 5.75 Å². The molecule has 0 unspecified atom stereocenters. The summed E-state index contributed by atoms with van der Waals surface area (Å²) in [5.41, 5.74) is 1.31. The van der Waals surface area contributed by atoms with E-state index in [4.69, 9.17) is 9.84 Å². The summed E-state index contributed by atoms with van der Waals surface area (Å²) in [4.78, 5) is 0. The number of hydrogen-bond acceptors (Lipinski definition) is 3. The third-order valence-electron chi connectivity index (χ3n) is 2.61. The number of aryl methyl sites for hydroxylation is 1. The summed E-state index contributed by atoms with van der Waals surface area (Å²) in [6, 6.07) is 4.49. The number of rotatable bonds is 5. The van der Waals surface area contributed by atoms with Crippen molar-refractivity contribution in [2.24, 2.45) is 0 Å². The van der Waals surface area contributed by atoms with Crippen molar-refractivity contribution in [2.45, 2.75) is 26.7 Å². The highest BCUT2D eigenvalue weighted by Gasteiger charge is 2.09. The highest BCUT2D eigenvalue weighted by molar-refractivity contribution is 5.34. The predicted octanol–water partition coefficient (Wildman–Crippen LogP) is 2.11. The van der Waals surface area contributed by atoms with E-state index in [1.54, 1.807) is 23.0 Å². The monoisotopic (exact) mass is 250 g/mol. The van der Waals surface area contributed by atoms with Gasteiger partial charge < -0.3 is 9.84 Å². The average molecular weight is 250 g/mol. The summed E-state index contributed by atoms with van der Waals surface area (Å²) in [6.07, 6.45) is 3.53. The molecular weight excluding hydrogens is 235 g/mol. The lowest BCUT2D eigenvalue weighted by molar-refractivity contribution is 0.251. The van der Waals surface area contributed by atoms with Gasteiger partial charge in [0, 0.05) is 23.9 Å². The Balaban J connectivity index is 2.10. The number of aliphatic hydroxyl groups excluding tert-OH is 1. The number of para-hydroxylation sites is 1. The van der Waals surface area contributed by atoms with Crippen molar-refractivity contribution >= 4 is 0 Å². The molecule has 96 valence electrons. The van der Waals surface area contributed by atoms with E-state index in [-0.39, 0.29) is 19.0 Å². The molecule has 0 saturated carbocycles. The maximum absolute atomic E-state index is 13.6. The van der Waals surface area contributed by atoms with Gasteiger partial charge >= 0.3 is 0 Å². The molecule has 1 aromatic heterocycles. The summed E-state index contributed by atoms with van der Waals surface area (Å²) in [6.45, 7) is 2.75. The summed E-state index contributed by atoms with van der Waals surface area (Å²) >= 11 is 0. The largest absolute Gasteiger partial charge is 0.485 e. The highest BCUT2D eigenvalue weighted by atomic mass is 19.1. The number of nitrogens with zero attached hydrogens (tertiary/aromatic N) is 2. The van der Waals surface area contributed by atoms with Gasteiger partial charge in [0.1, 0.15) is 6.61 Å². The third-order valence-corrected chi connectivity index (χ3v) is 2.61. The molecule has 0 aliphatic carbocycles. The maximum Gasteiger partial charge on any atom is 0.165 e. The fourth-order valence-corrected chi connectivity index (χ4v) is 1.65. The van der Waals surface area contributed by atoms with Crippen molar-refractivity contribution in [3.63, 3.8) is 0 Å². The van der Waals surface area contributed by atoms with Gasteiger partial charge in [-0.05, 0) is 13.0 Å². The molecule has 2 aromatic rings. The van der Waals surface area contributed by atoms with Crippen LogP contribution in [-0.2, 0) is 19.8 Å². The van der Waals surface area contributed by atoms with Crippen LogP contribution in [0.15, 0.2) is 30.6 Å². The van der Waals surface area contributed by atoms with Gasteiger partial charge in [-0.2, -0.15) is 5.10 Å². The molecule has 5 heteroatoms. The molecule has 1 heterocycles. The van der Waals surface area contributed by atoms with E-state index in [0.717, 1.165) is 12.1 Å². The van der Waals surface area contributed by atoms with Crippen molar-refractivity contribution in [2.75, 3.05) is 0 Å². The minimum Gasteiger partial charge on any atom is -0.485 e. The Kier molecular flexibility index (Phi) is 3.94. The molecule has 0 fully saturated rings. The fraction of sp³-hybridized carbons (Fsp3) is 0.308. The molecule has 4 nitrogen and oxygen atoms in total. The molecule has 1 aromatic carbocycles. The number of ether oxygens (including phenoxy) is 1. The van der Waals surface area contributed by atoms with Crippen molar-refractivity contribution in [3.05, 3.63) is 47.5 Å². The van der Waals surface area contributed by atoms with E-state index < -0.39 is 5.82 Å². The van der Waals surface area contributed by atoms with Gasteiger partial charge in [-0.15, -0.1) is 0 Å². The second-order valence-corrected chi connectivity index (χ2v) is 3.88. The molecule has 0 aliphatic rings. The first-order valence-electron chi connectivity index (χ1n) is 5.77. The lowest BCUT2D eigenvalue weighted by atomic mass is 10.2. The minimum absolute atomic E-state index is 0.101. The molecule has 0 bridgehead atoms. The van der Waals surface area contributed by atoms with Crippen LogP contribution in [0.4, 0.5) is 4.39 Å². The zero-order chi connectivity index (χ0) is 13.0. The number of halogens is 1. The Morgan fingerprint density at radius 3 is 2.94 bits per heavy atom. The first kappa shape index (κ1) is 12.6. The zero-order valence-corrected chi connectivity index (χ0v) is 10.1. The standard InChI is InChI=1S/C13H15FN2O2/c1-2-16-7-10(6-15-16)9-18-13-11(8-17)4-3-5-12(13)14/h3-7,17H,2,8-9H2,1H3. The van der Waals surface area contributed by atoms with Gasteiger partial charge in [0.05, 0.1) is 12.8 Å². The topological polar surface area (TPSA) is 47.3 Å². The lowest BCUT2D eigenvalue weighted by Crippen LogP contribution is -2.00. The van der Waals surface area contributed by atoms with E-state index in [2.05, 4.69) is 5.10 Å². The van der Waals surface area contributed by atoms with E-state index in [9.17, 15) is 4.39 Å². The Morgan fingerprint density at radius 2 is 2.28 bits per heavy atom. The number of aromatic nitrogens is 2. The number of aliphatic hydroxyl groups is 1. The number of hydrogen-bond donors (Lipinski definition) is 1. The summed E-state index contributed by atoms with van der Waals surface area (Å²) in [7, 11) is 0. The van der Waals surface area contributed by atoms with Crippen LogP contribution in [0.2, 0.25) is 0 Å². The van der Waals surface area contributed by atoms with E-state index in [1.807, 2.05) is 13.1 Å². The van der Waals surface area contributed by atoms with Crippen molar-refractivity contribution in [3.8, 4) is 5.75 Å². The van der Waals surface area contributed by atoms with Crippen LogP contribution in [0, 0.1) is 5.82 Å². The SMILES string of the molecule is CCn1cc(COc2c(F)cccc2CO)cn1. The van der Waals surface area contributed by atoms with Crippen molar-refractivity contribution in [1.82, 2.24) is 9.78 Å². The number of benzene rings is 1. The molecule has 0 spiro atoms. The van der Waals surface area contributed by atoms with Crippen molar-refractivity contribution < 1.29 is 14.2 Å². The smallest absolute Gasteiger partial charge is 0.165 e. The Hall–Kier alpha value is -1.88. The summed E-state index contributed by atoms with van der Waals surface area (Å²) in [5.74, 6) is -0.367. The molecule has 18 heavy (non-hydrogen) atoms. The van der Waals surface area contributed by atoms with E-state index in [1.165, 1.54) is 6.07 Å². The molecule has 0 atom stereocenters. The van der Waals surface area contributed by atoms with Crippen LogP contribution in [0.25, 0.3) is 0 Å². The van der Waals surface area contributed by atoms with Gasteiger partial charge in [-0.3, -0.25) is 4.68 Å². The highest BCUT2D eigenvalue weighted by Crippen LogP contribution is 2.23. The molecular formula is C13H15FN2O2. The third kappa shape index (κ3) is 2.68. The summed E-state index contributed by atoms with van der Waals surface area (Å²) in [5, 5.41) is 13.2. The average Bonchev–Trinajstić information content (AvgIpc) is 2.85. The Morgan fingerprint density at radius 1 is 1.44 bits per heavy atom. The molecule has 0 amide bonds. The van der Waals surface area contributed by atoms with E-state index in [0.29, 0.717) is 5.56 Å². The quantitative estimate of drug-likeness (QED) is 0.884. The minimum atomic E-state index is -0.468. The van der Waals surface area contributed by atoms with Crippen LogP contribution in [0.3, 0.4) is 0 Å². The molecule has 1 N–H and O–H groups in total. The first-order valence-corrected chi connectivity index (χ1v) is 5.77. The maximum atomic E-state index is 13.6. The first-order chi connectivity index (χ1) is 8.74. The van der Waals surface area contributed by atoms with Gasteiger partial charge in [0.2, 0.25) is 0 Å². The molecule has 2 rings (SSSR count). The van der Waals surface area contributed by atoms with Gasteiger partial charge in [0.15, 0.2) is 11.6 Å². The van der Waals surface area contributed by atoms with Crippen LogP contribution >= 0.6 is 0 Å². The molecule has 0 radical (unpaired) electrons. The fourth-order valence-electron chi connectivity index (χ4n) is 1.65. The Labute approximate surface area is 105 Å². The van der Waals surface area contributed by atoms with Gasteiger partial charge in [-0.1, -0.05) is 12.1 Å². The van der Waals surface area contributed by atoms with Gasteiger partial charge in [-0.25, -0.2) is 4.39 Å². The lowest BCUT2D eigenvalue weighted by Gasteiger charge is -2.09. The van der Waals surface area contributed by atoms with Crippen LogP contribution in [-0.4, -0.2) is 14.9 Å². The molecule has 0 saturated heterocycles. The predicted molar refractivity (Wildman–Crippen MR) is 64.6 cm³/mol. The van der Waals surface area contributed by atoms with E-state index >= 15 is 0 Å². The van der Waals surface area contributed by atoms with Crippen LogP contribution in [0.1, 0.15) is 18.1 Å². The normalized spacial score (nSPS) is 10.6. The zero-order valence-electron chi connectivity index (χ0n) is 10.1. The second kappa shape index (κ2) is 5.64. The molecule has 0 aliphatic heterocycles. The van der Waals surface area contributed by atoms with Crippen molar-refractivity contribution in [1.29, 1.82) is 0 Å². The van der Waals surface area contributed by atoms with Gasteiger partial charge in [0.25, 0.3) is 0 Å². The summed E-state index contributed by atoms with van der Waals surface area (Å²) < 4.78 is 20.7. The second-order valence-electron chi connectivity index (χ2n) is 3.88. The van der Waals surface area contributed by atoms with Crippen LogP contribution < -0.4 is 4.74 Å².